The number of hydrogen-bond donors (Lipinski definition) is 1. The topological polar surface area (TPSA) is 34.1 Å². The van der Waals surface area contributed by atoms with Gasteiger partial charge < -0.3 is 10.1 Å². The van der Waals surface area contributed by atoms with Gasteiger partial charge in [0.05, 0.1) is 12.5 Å². The number of pyridine rings is 1. The molecule has 2 aliphatic rings. The van der Waals surface area contributed by atoms with Crippen LogP contribution in [0.25, 0.3) is 5.57 Å². The van der Waals surface area contributed by atoms with Gasteiger partial charge in [-0.05, 0) is 36.1 Å². The van der Waals surface area contributed by atoms with Crippen LogP contribution in [0.1, 0.15) is 12.0 Å². The summed E-state index contributed by atoms with van der Waals surface area (Å²) >= 11 is 0. The molecular formula is C14H16N2O. The van der Waals surface area contributed by atoms with E-state index in [1.54, 1.807) is 6.20 Å². The van der Waals surface area contributed by atoms with Crippen molar-refractivity contribution < 1.29 is 4.74 Å². The van der Waals surface area contributed by atoms with Gasteiger partial charge in [0.1, 0.15) is 5.75 Å². The van der Waals surface area contributed by atoms with Gasteiger partial charge in [0.15, 0.2) is 0 Å². The van der Waals surface area contributed by atoms with E-state index < -0.39 is 0 Å². The van der Waals surface area contributed by atoms with Crippen molar-refractivity contribution in [2.75, 3.05) is 13.1 Å². The highest BCUT2D eigenvalue weighted by Crippen LogP contribution is 2.40. The summed E-state index contributed by atoms with van der Waals surface area (Å²) in [4.78, 5) is 4.23. The van der Waals surface area contributed by atoms with Gasteiger partial charge in [-0.3, -0.25) is 4.98 Å². The van der Waals surface area contributed by atoms with Crippen molar-refractivity contribution in [1.29, 1.82) is 0 Å². The zero-order valence-corrected chi connectivity index (χ0v) is 9.73. The van der Waals surface area contributed by atoms with Crippen LogP contribution in [-0.4, -0.2) is 18.1 Å². The Balaban J connectivity index is 1.88. The maximum atomic E-state index is 5.28. The lowest BCUT2D eigenvalue weighted by atomic mass is 9.91. The van der Waals surface area contributed by atoms with E-state index in [0.717, 1.165) is 24.8 Å². The van der Waals surface area contributed by atoms with Gasteiger partial charge >= 0.3 is 0 Å². The average molecular weight is 228 g/mol. The molecule has 2 heterocycles. The Bertz CT molecular complexity index is 467. The molecule has 0 unspecified atom stereocenters. The van der Waals surface area contributed by atoms with Crippen LogP contribution in [0, 0.1) is 11.8 Å². The van der Waals surface area contributed by atoms with E-state index in [0.29, 0.717) is 5.92 Å². The second-order valence-electron chi connectivity index (χ2n) is 4.61. The van der Waals surface area contributed by atoms with Gasteiger partial charge in [-0.25, -0.2) is 0 Å². The number of nitrogens with one attached hydrogen (secondary N) is 1. The fourth-order valence-corrected chi connectivity index (χ4v) is 2.84. The van der Waals surface area contributed by atoms with Crippen molar-refractivity contribution in [2.45, 2.75) is 6.42 Å². The predicted molar refractivity (Wildman–Crippen MR) is 67.5 cm³/mol. The standard InChI is InChI=1S/C14H16N2O/c1-2-17-12-5-11(7-15-8-12)13-4-3-10-6-16-9-14(10)13/h2,4-5,7-8,10,14,16H,1,3,6,9H2/t10-,14+/m1/s1. The molecule has 0 spiro atoms. The van der Waals surface area contributed by atoms with Crippen molar-refractivity contribution in [1.82, 2.24) is 10.3 Å². The Morgan fingerprint density at radius 2 is 2.35 bits per heavy atom. The molecule has 2 atom stereocenters. The third kappa shape index (κ3) is 1.87. The summed E-state index contributed by atoms with van der Waals surface area (Å²) in [6, 6.07) is 2.04. The normalized spacial score (nSPS) is 26.5. The van der Waals surface area contributed by atoms with Crippen molar-refractivity contribution >= 4 is 5.57 Å². The number of allylic oxidation sites excluding steroid dienone is 1. The third-order valence-electron chi connectivity index (χ3n) is 3.65. The Hall–Kier alpha value is -1.61. The second kappa shape index (κ2) is 4.34. The predicted octanol–water partition coefficient (Wildman–Crippen LogP) is 2.23. The highest BCUT2D eigenvalue weighted by molar-refractivity contribution is 5.70. The van der Waals surface area contributed by atoms with Crippen molar-refractivity contribution in [3.63, 3.8) is 0 Å². The molecular weight excluding hydrogens is 212 g/mol. The summed E-state index contributed by atoms with van der Waals surface area (Å²) in [5.41, 5.74) is 2.60. The number of nitrogens with zero attached hydrogens (tertiary/aromatic N) is 1. The Labute approximate surface area is 101 Å². The van der Waals surface area contributed by atoms with Crippen LogP contribution in [0.15, 0.2) is 37.4 Å². The molecule has 88 valence electrons. The zero-order chi connectivity index (χ0) is 11.7. The third-order valence-corrected chi connectivity index (χ3v) is 3.65. The summed E-state index contributed by atoms with van der Waals surface area (Å²) in [6.45, 7) is 5.79. The van der Waals surface area contributed by atoms with Crippen molar-refractivity contribution in [3.8, 4) is 5.75 Å². The first-order valence-electron chi connectivity index (χ1n) is 6.02. The SMILES string of the molecule is C=COc1cncc(C2=CC[C@@H]3CNC[C@H]23)c1. The van der Waals surface area contributed by atoms with E-state index in [2.05, 4.69) is 23.0 Å². The van der Waals surface area contributed by atoms with Gasteiger partial charge in [0.25, 0.3) is 0 Å². The molecule has 0 bridgehead atoms. The first-order valence-corrected chi connectivity index (χ1v) is 6.02. The summed E-state index contributed by atoms with van der Waals surface area (Å²) in [5.74, 6) is 2.18. The molecule has 1 aromatic heterocycles. The largest absolute Gasteiger partial charge is 0.464 e. The van der Waals surface area contributed by atoms with Crippen LogP contribution in [0.4, 0.5) is 0 Å². The Morgan fingerprint density at radius 1 is 1.41 bits per heavy atom. The monoisotopic (exact) mass is 228 g/mol. The van der Waals surface area contributed by atoms with Gasteiger partial charge in [-0.1, -0.05) is 12.7 Å². The zero-order valence-electron chi connectivity index (χ0n) is 9.73. The summed E-state index contributed by atoms with van der Waals surface area (Å²) in [5, 5.41) is 3.46. The summed E-state index contributed by atoms with van der Waals surface area (Å²) in [6.07, 6.45) is 8.60. The molecule has 1 aliphatic carbocycles. The molecule has 0 radical (unpaired) electrons. The van der Waals surface area contributed by atoms with E-state index in [1.807, 2.05) is 12.3 Å². The molecule has 0 amide bonds. The smallest absolute Gasteiger partial charge is 0.145 e. The van der Waals surface area contributed by atoms with Gasteiger partial charge in [0, 0.05) is 18.7 Å². The van der Waals surface area contributed by atoms with E-state index in [4.69, 9.17) is 4.74 Å². The molecule has 17 heavy (non-hydrogen) atoms. The summed E-state index contributed by atoms with van der Waals surface area (Å²) < 4.78 is 5.28. The molecule has 0 aromatic carbocycles. The number of fused-ring (bicyclic) bond motifs is 1. The minimum Gasteiger partial charge on any atom is -0.464 e. The molecule has 3 heteroatoms. The Kier molecular flexibility index (Phi) is 2.69. The molecule has 1 N–H and O–H groups in total. The van der Waals surface area contributed by atoms with E-state index in [1.165, 1.54) is 23.8 Å². The van der Waals surface area contributed by atoms with Gasteiger partial charge in [0.2, 0.25) is 0 Å². The lowest BCUT2D eigenvalue weighted by Gasteiger charge is -2.13. The van der Waals surface area contributed by atoms with E-state index >= 15 is 0 Å². The van der Waals surface area contributed by atoms with E-state index in [9.17, 15) is 0 Å². The molecule has 1 aliphatic heterocycles. The van der Waals surface area contributed by atoms with Gasteiger partial charge in [-0.2, -0.15) is 0 Å². The molecule has 1 fully saturated rings. The lowest BCUT2D eigenvalue weighted by Crippen LogP contribution is -2.10. The molecule has 0 saturated carbocycles. The molecule has 3 nitrogen and oxygen atoms in total. The van der Waals surface area contributed by atoms with Crippen molar-refractivity contribution in [3.05, 3.63) is 42.9 Å². The Morgan fingerprint density at radius 3 is 3.24 bits per heavy atom. The van der Waals surface area contributed by atoms with Crippen LogP contribution in [0.2, 0.25) is 0 Å². The number of aromatic nitrogens is 1. The lowest BCUT2D eigenvalue weighted by molar-refractivity contribution is 0.480. The highest BCUT2D eigenvalue weighted by atomic mass is 16.5. The minimum atomic E-state index is 0.649. The number of ether oxygens (including phenoxy) is 1. The van der Waals surface area contributed by atoms with Crippen LogP contribution in [-0.2, 0) is 0 Å². The highest BCUT2D eigenvalue weighted by Gasteiger charge is 2.34. The fraction of sp³-hybridized carbons (Fsp3) is 0.357. The van der Waals surface area contributed by atoms with Crippen LogP contribution in [0.5, 0.6) is 5.75 Å². The van der Waals surface area contributed by atoms with Crippen LogP contribution >= 0.6 is 0 Å². The summed E-state index contributed by atoms with van der Waals surface area (Å²) in [7, 11) is 0. The van der Waals surface area contributed by atoms with Gasteiger partial charge in [-0.15, -0.1) is 0 Å². The van der Waals surface area contributed by atoms with E-state index in [-0.39, 0.29) is 0 Å². The van der Waals surface area contributed by atoms with Crippen LogP contribution < -0.4 is 10.1 Å². The van der Waals surface area contributed by atoms with Crippen molar-refractivity contribution in [2.24, 2.45) is 11.8 Å². The first-order chi connectivity index (χ1) is 8.38. The quantitative estimate of drug-likeness (QED) is 0.805. The maximum absolute atomic E-state index is 5.28. The average Bonchev–Trinajstić information content (AvgIpc) is 2.91. The molecule has 3 rings (SSSR count). The number of rotatable bonds is 3. The fourth-order valence-electron chi connectivity index (χ4n) is 2.84. The number of hydrogen-bond acceptors (Lipinski definition) is 3. The molecule has 1 aromatic rings. The van der Waals surface area contributed by atoms with Crippen LogP contribution in [0.3, 0.4) is 0 Å². The second-order valence-corrected chi connectivity index (χ2v) is 4.61. The minimum absolute atomic E-state index is 0.649. The maximum Gasteiger partial charge on any atom is 0.145 e. The molecule has 1 saturated heterocycles. The first kappa shape index (κ1) is 10.5.